The van der Waals surface area contributed by atoms with E-state index in [9.17, 15) is 9.59 Å². The molecular formula is C13H13N3O3. The maximum atomic E-state index is 12.0. The van der Waals surface area contributed by atoms with Gasteiger partial charge in [0.25, 0.3) is 5.91 Å². The van der Waals surface area contributed by atoms with E-state index in [2.05, 4.69) is 15.5 Å². The summed E-state index contributed by atoms with van der Waals surface area (Å²) >= 11 is 0. The number of carbonyl (C=O) groups excluding carboxylic acids is 1. The van der Waals surface area contributed by atoms with E-state index < -0.39 is 11.9 Å². The number of nitrogens with zero attached hydrogens (tertiary/aromatic N) is 1. The molecule has 98 valence electrons. The van der Waals surface area contributed by atoms with Crippen molar-refractivity contribution in [2.24, 2.45) is 0 Å². The molecule has 1 amide bonds. The molecule has 0 bridgehead atoms. The molecule has 0 spiro atoms. The van der Waals surface area contributed by atoms with Crippen LogP contribution < -0.4 is 5.32 Å². The standard InChI is InChI=1S/C13H13N3O3/c1-7(8(2)13(18)19)12(17)15-10-4-3-5-11-9(10)6-14-16-11/h3-6H,1-2H3,(H,14,16)(H,15,17)(H,18,19). The molecule has 3 N–H and O–H groups in total. The van der Waals surface area contributed by atoms with Gasteiger partial charge < -0.3 is 10.4 Å². The number of aromatic amines is 1. The Morgan fingerprint density at radius 2 is 2.00 bits per heavy atom. The van der Waals surface area contributed by atoms with Gasteiger partial charge in [-0.2, -0.15) is 5.10 Å². The maximum absolute atomic E-state index is 12.0. The second kappa shape index (κ2) is 4.93. The summed E-state index contributed by atoms with van der Waals surface area (Å²) in [5.41, 5.74) is 1.59. The molecule has 0 atom stereocenters. The molecule has 0 fully saturated rings. The number of carbonyl (C=O) groups is 2. The van der Waals surface area contributed by atoms with Crippen molar-refractivity contribution in [2.75, 3.05) is 5.32 Å². The van der Waals surface area contributed by atoms with E-state index >= 15 is 0 Å². The largest absolute Gasteiger partial charge is 0.478 e. The number of anilines is 1. The fourth-order valence-corrected chi connectivity index (χ4v) is 1.62. The van der Waals surface area contributed by atoms with Gasteiger partial charge in [0.2, 0.25) is 0 Å². The number of carboxylic acid groups (broad SMARTS) is 1. The van der Waals surface area contributed by atoms with Crippen LogP contribution in [0.5, 0.6) is 0 Å². The summed E-state index contributed by atoms with van der Waals surface area (Å²) < 4.78 is 0. The Morgan fingerprint density at radius 3 is 2.68 bits per heavy atom. The van der Waals surface area contributed by atoms with E-state index in [1.165, 1.54) is 13.8 Å². The summed E-state index contributed by atoms with van der Waals surface area (Å²) in [6.45, 7) is 2.88. The molecule has 6 nitrogen and oxygen atoms in total. The number of carboxylic acids is 1. The zero-order chi connectivity index (χ0) is 14.0. The van der Waals surface area contributed by atoms with Crippen molar-refractivity contribution < 1.29 is 14.7 Å². The first-order valence-electron chi connectivity index (χ1n) is 5.65. The second-order valence-electron chi connectivity index (χ2n) is 4.15. The van der Waals surface area contributed by atoms with Gasteiger partial charge in [-0.3, -0.25) is 9.89 Å². The fraction of sp³-hybridized carbons (Fsp3) is 0.154. The minimum absolute atomic E-state index is 0.0249. The lowest BCUT2D eigenvalue weighted by Crippen LogP contribution is -2.16. The smallest absolute Gasteiger partial charge is 0.331 e. The molecule has 0 saturated heterocycles. The molecule has 0 aliphatic heterocycles. The first-order valence-corrected chi connectivity index (χ1v) is 5.65. The van der Waals surface area contributed by atoms with Gasteiger partial charge in [0.15, 0.2) is 0 Å². The average molecular weight is 259 g/mol. The monoisotopic (exact) mass is 259 g/mol. The normalized spacial score (nSPS) is 12.1. The maximum Gasteiger partial charge on any atom is 0.331 e. The number of amides is 1. The zero-order valence-electron chi connectivity index (χ0n) is 10.5. The fourth-order valence-electron chi connectivity index (χ4n) is 1.62. The molecule has 0 aliphatic carbocycles. The molecule has 2 rings (SSSR count). The third-order valence-electron chi connectivity index (χ3n) is 2.96. The molecular weight excluding hydrogens is 246 g/mol. The lowest BCUT2D eigenvalue weighted by atomic mass is 10.1. The van der Waals surface area contributed by atoms with E-state index in [-0.39, 0.29) is 11.1 Å². The average Bonchev–Trinajstić information content (AvgIpc) is 2.86. The van der Waals surface area contributed by atoms with Gasteiger partial charge in [-0.25, -0.2) is 4.79 Å². The highest BCUT2D eigenvalue weighted by Gasteiger charge is 2.14. The van der Waals surface area contributed by atoms with E-state index in [0.717, 1.165) is 10.9 Å². The van der Waals surface area contributed by atoms with Crippen LogP contribution in [0.3, 0.4) is 0 Å². The molecule has 0 unspecified atom stereocenters. The van der Waals surface area contributed by atoms with Crippen molar-refractivity contribution in [3.8, 4) is 0 Å². The molecule has 0 aliphatic rings. The van der Waals surface area contributed by atoms with E-state index in [0.29, 0.717) is 5.69 Å². The van der Waals surface area contributed by atoms with Crippen LogP contribution in [-0.2, 0) is 9.59 Å². The minimum atomic E-state index is -1.10. The molecule has 2 aromatic rings. The van der Waals surface area contributed by atoms with E-state index in [4.69, 9.17) is 5.11 Å². The highest BCUT2D eigenvalue weighted by Crippen LogP contribution is 2.21. The Bertz CT molecular complexity index is 685. The first-order chi connectivity index (χ1) is 9.00. The van der Waals surface area contributed by atoms with Crippen molar-refractivity contribution in [1.29, 1.82) is 0 Å². The van der Waals surface area contributed by atoms with Gasteiger partial charge in [-0.05, 0) is 26.0 Å². The Labute approximate surface area is 109 Å². The number of benzene rings is 1. The minimum Gasteiger partial charge on any atom is -0.478 e. The Hall–Kier alpha value is -2.63. The van der Waals surface area contributed by atoms with E-state index in [1.807, 2.05) is 6.07 Å². The van der Waals surface area contributed by atoms with Crippen LogP contribution in [0.2, 0.25) is 0 Å². The van der Waals surface area contributed by atoms with Crippen LogP contribution in [0, 0.1) is 0 Å². The van der Waals surface area contributed by atoms with Gasteiger partial charge in [0.05, 0.1) is 17.4 Å². The van der Waals surface area contributed by atoms with Gasteiger partial charge in [-0.15, -0.1) is 0 Å². The van der Waals surface area contributed by atoms with Crippen LogP contribution >= 0.6 is 0 Å². The Morgan fingerprint density at radius 1 is 1.26 bits per heavy atom. The third kappa shape index (κ3) is 2.47. The predicted molar refractivity (Wildman–Crippen MR) is 70.7 cm³/mol. The van der Waals surface area contributed by atoms with Crippen molar-refractivity contribution in [1.82, 2.24) is 10.2 Å². The zero-order valence-corrected chi connectivity index (χ0v) is 10.5. The van der Waals surface area contributed by atoms with Gasteiger partial charge >= 0.3 is 5.97 Å². The molecule has 1 aromatic heterocycles. The summed E-state index contributed by atoms with van der Waals surface area (Å²) in [6, 6.07) is 5.35. The highest BCUT2D eigenvalue weighted by molar-refractivity contribution is 6.11. The highest BCUT2D eigenvalue weighted by atomic mass is 16.4. The predicted octanol–water partition coefficient (Wildman–Crippen LogP) is 1.92. The molecule has 6 heteroatoms. The van der Waals surface area contributed by atoms with Gasteiger partial charge in [0, 0.05) is 16.5 Å². The molecule has 1 heterocycles. The second-order valence-corrected chi connectivity index (χ2v) is 4.15. The number of fused-ring (bicyclic) bond motifs is 1. The first kappa shape index (κ1) is 12.8. The van der Waals surface area contributed by atoms with Crippen molar-refractivity contribution in [3.05, 3.63) is 35.5 Å². The number of nitrogens with one attached hydrogen (secondary N) is 2. The Balaban J connectivity index is 2.31. The van der Waals surface area contributed by atoms with Gasteiger partial charge in [-0.1, -0.05) is 6.07 Å². The number of aromatic nitrogens is 2. The van der Waals surface area contributed by atoms with Crippen molar-refractivity contribution in [2.45, 2.75) is 13.8 Å². The summed E-state index contributed by atoms with van der Waals surface area (Å²) in [6.07, 6.45) is 1.61. The van der Waals surface area contributed by atoms with Crippen LogP contribution in [0.25, 0.3) is 10.9 Å². The van der Waals surface area contributed by atoms with Crippen molar-refractivity contribution >= 4 is 28.5 Å². The number of H-pyrrole nitrogens is 1. The topological polar surface area (TPSA) is 95.1 Å². The number of rotatable bonds is 3. The van der Waals surface area contributed by atoms with E-state index in [1.54, 1.807) is 18.3 Å². The van der Waals surface area contributed by atoms with Crippen LogP contribution in [0.4, 0.5) is 5.69 Å². The Kier molecular flexibility index (Phi) is 3.33. The summed E-state index contributed by atoms with van der Waals surface area (Å²) in [4.78, 5) is 22.8. The summed E-state index contributed by atoms with van der Waals surface area (Å²) in [5.74, 6) is -1.54. The lowest BCUT2D eigenvalue weighted by Gasteiger charge is -2.07. The van der Waals surface area contributed by atoms with Crippen LogP contribution in [-0.4, -0.2) is 27.2 Å². The van der Waals surface area contributed by atoms with Gasteiger partial charge in [0.1, 0.15) is 0 Å². The third-order valence-corrected chi connectivity index (χ3v) is 2.96. The molecule has 0 radical (unpaired) electrons. The van der Waals surface area contributed by atoms with Crippen LogP contribution in [0.1, 0.15) is 13.8 Å². The van der Waals surface area contributed by atoms with Crippen molar-refractivity contribution in [3.63, 3.8) is 0 Å². The molecule has 1 aromatic carbocycles. The number of hydrogen-bond donors (Lipinski definition) is 3. The quantitative estimate of drug-likeness (QED) is 0.734. The molecule has 19 heavy (non-hydrogen) atoms. The molecule has 0 saturated carbocycles. The summed E-state index contributed by atoms with van der Waals surface area (Å²) in [7, 11) is 0. The lowest BCUT2D eigenvalue weighted by molar-refractivity contribution is -0.133. The number of hydrogen-bond acceptors (Lipinski definition) is 3. The SMILES string of the molecule is CC(C(=O)O)=C(C)C(=O)Nc1cccc2[nH]ncc12. The number of aliphatic carboxylic acids is 1. The summed E-state index contributed by atoms with van der Waals surface area (Å²) in [5, 5.41) is 19.0. The van der Waals surface area contributed by atoms with Crippen LogP contribution in [0.15, 0.2) is 35.5 Å².